The quantitative estimate of drug-likeness (QED) is 0.408. The van der Waals surface area contributed by atoms with Crippen LogP contribution in [0.4, 0.5) is 0 Å². The van der Waals surface area contributed by atoms with Crippen molar-refractivity contribution in [2.45, 2.75) is 40.5 Å². The van der Waals surface area contributed by atoms with E-state index in [1.807, 2.05) is 20.8 Å². The number of hydrogen-bond donors (Lipinski definition) is 0. The third-order valence-corrected chi connectivity index (χ3v) is 3.15. The zero-order valence-electron chi connectivity index (χ0n) is 11.0. The van der Waals surface area contributed by atoms with Gasteiger partial charge in [0.1, 0.15) is 0 Å². The largest absolute Gasteiger partial charge is 0.487 e. The van der Waals surface area contributed by atoms with Gasteiger partial charge in [-0.3, -0.25) is 4.18 Å². The van der Waals surface area contributed by atoms with Crippen molar-refractivity contribution in [2.75, 3.05) is 19.0 Å². The Balaban J connectivity index is 3.76. The Morgan fingerprint density at radius 3 is 2.29 bits per heavy atom. The first-order valence-corrected chi connectivity index (χ1v) is 7.61. The minimum atomic E-state index is -3.40. The molecule has 0 radical (unpaired) electrons. The molecule has 0 N–H and O–H groups in total. The molecule has 0 spiro atoms. The van der Waals surface area contributed by atoms with Crippen LogP contribution in [-0.2, 0) is 19.0 Å². The molecule has 0 saturated heterocycles. The van der Waals surface area contributed by atoms with Gasteiger partial charge in [0.2, 0.25) is 0 Å². The van der Waals surface area contributed by atoms with Crippen LogP contribution < -0.4 is 0 Å². The van der Waals surface area contributed by atoms with Crippen molar-refractivity contribution >= 4 is 27.4 Å². The fourth-order valence-electron chi connectivity index (χ4n) is 0.922. The Kier molecular flexibility index (Phi) is 7.20. The Hall–Kier alpha value is -0.200. The topological polar surface area (TPSA) is 52.6 Å². The second kappa shape index (κ2) is 7.28. The molecule has 0 atom stereocenters. The van der Waals surface area contributed by atoms with Crippen molar-refractivity contribution in [2.24, 2.45) is 5.41 Å². The normalized spacial score (nSPS) is 12.5. The van der Waals surface area contributed by atoms with Gasteiger partial charge in [-0.25, -0.2) is 0 Å². The van der Waals surface area contributed by atoms with Crippen LogP contribution >= 0.6 is 12.2 Å². The Bertz CT molecular complexity index is 328. The minimum absolute atomic E-state index is 0.0307. The summed E-state index contributed by atoms with van der Waals surface area (Å²) in [5.74, 6) is 0.0307. The summed E-state index contributed by atoms with van der Waals surface area (Å²) >= 11 is 4.74. The van der Waals surface area contributed by atoms with Gasteiger partial charge in [-0.1, -0.05) is 20.8 Å². The van der Waals surface area contributed by atoms with E-state index in [2.05, 4.69) is 0 Å². The van der Waals surface area contributed by atoms with Gasteiger partial charge in [0, 0.05) is 6.92 Å². The summed E-state index contributed by atoms with van der Waals surface area (Å²) < 4.78 is 33.0. The Labute approximate surface area is 110 Å². The summed E-state index contributed by atoms with van der Waals surface area (Å²) in [5.41, 5.74) is -0.148. The first kappa shape index (κ1) is 16.8. The van der Waals surface area contributed by atoms with Crippen molar-refractivity contribution in [1.82, 2.24) is 0 Å². The maximum absolute atomic E-state index is 11.5. The third-order valence-electron chi connectivity index (χ3n) is 1.77. The molecule has 17 heavy (non-hydrogen) atoms. The predicted octanol–water partition coefficient (Wildman–Crippen LogP) is 2.52. The minimum Gasteiger partial charge on any atom is -0.487 e. The lowest BCUT2D eigenvalue weighted by Gasteiger charge is -2.17. The van der Waals surface area contributed by atoms with Crippen LogP contribution in [0.2, 0.25) is 0 Å². The second-order valence-corrected chi connectivity index (χ2v) is 7.47. The molecular weight excluding hydrogens is 260 g/mol. The van der Waals surface area contributed by atoms with E-state index in [-0.39, 0.29) is 17.8 Å². The van der Waals surface area contributed by atoms with E-state index in [1.165, 1.54) is 0 Å². The van der Waals surface area contributed by atoms with Gasteiger partial charge in [-0.2, -0.15) is 8.42 Å². The molecule has 0 unspecified atom stereocenters. The average molecular weight is 282 g/mol. The van der Waals surface area contributed by atoms with Crippen LogP contribution in [0.25, 0.3) is 0 Å². The highest BCUT2D eigenvalue weighted by Gasteiger charge is 2.17. The van der Waals surface area contributed by atoms with Crippen molar-refractivity contribution in [1.29, 1.82) is 0 Å². The highest BCUT2D eigenvalue weighted by atomic mass is 32.2. The van der Waals surface area contributed by atoms with Gasteiger partial charge in [0.25, 0.3) is 10.1 Å². The molecule has 4 nitrogen and oxygen atoms in total. The number of ether oxygens (including phenoxy) is 1. The van der Waals surface area contributed by atoms with E-state index in [9.17, 15) is 8.42 Å². The lowest BCUT2D eigenvalue weighted by Crippen LogP contribution is -2.20. The van der Waals surface area contributed by atoms with Crippen molar-refractivity contribution < 1.29 is 17.3 Å². The molecule has 0 rings (SSSR count). The van der Waals surface area contributed by atoms with Gasteiger partial charge in [0.05, 0.1) is 19.0 Å². The van der Waals surface area contributed by atoms with Crippen LogP contribution in [0.3, 0.4) is 0 Å². The maximum Gasteiger partial charge on any atom is 0.267 e. The van der Waals surface area contributed by atoms with E-state index < -0.39 is 10.1 Å². The average Bonchev–Trinajstić information content (AvgIpc) is 2.13. The van der Waals surface area contributed by atoms with Gasteiger partial charge in [0.15, 0.2) is 5.05 Å². The van der Waals surface area contributed by atoms with Crippen molar-refractivity contribution in [3.05, 3.63) is 0 Å². The van der Waals surface area contributed by atoms with Gasteiger partial charge in [-0.05, 0) is 30.5 Å². The summed E-state index contributed by atoms with van der Waals surface area (Å²) in [6, 6.07) is 0. The molecule has 0 aromatic carbocycles. The number of thiocarbonyl (C=S) groups is 1. The van der Waals surface area contributed by atoms with Crippen LogP contribution in [-0.4, -0.2) is 32.4 Å². The zero-order valence-corrected chi connectivity index (χ0v) is 12.6. The molecular formula is C11H22O4S2. The molecule has 0 bridgehead atoms. The van der Waals surface area contributed by atoms with E-state index >= 15 is 0 Å². The number of unbranched alkanes of at least 4 members (excludes halogenated alkanes) is 1. The maximum atomic E-state index is 11.5. The smallest absolute Gasteiger partial charge is 0.267 e. The molecule has 0 amide bonds. The lowest BCUT2D eigenvalue weighted by atomic mass is 9.99. The zero-order chi connectivity index (χ0) is 13.5. The highest BCUT2D eigenvalue weighted by Crippen LogP contribution is 2.15. The molecule has 0 fully saturated rings. The fraction of sp³-hybridized carbons (Fsp3) is 0.909. The third kappa shape index (κ3) is 12.1. The summed E-state index contributed by atoms with van der Waals surface area (Å²) in [6.45, 7) is 8.16. The first-order valence-electron chi connectivity index (χ1n) is 5.63. The number of hydrogen-bond acceptors (Lipinski definition) is 5. The van der Waals surface area contributed by atoms with Gasteiger partial charge in [-0.15, -0.1) is 0 Å². The standard InChI is InChI=1S/C11H22O4S2/c1-10(16)14-7-5-6-8-17(12,13)15-9-11(2,3)4/h5-9H2,1-4H3. The molecule has 0 heterocycles. The molecule has 102 valence electrons. The summed E-state index contributed by atoms with van der Waals surface area (Å²) in [4.78, 5) is 0. The molecule has 0 aromatic rings. The van der Waals surface area contributed by atoms with Crippen molar-refractivity contribution in [3.8, 4) is 0 Å². The van der Waals surface area contributed by atoms with E-state index in [0.717, 1.165) is 0 Å². The van der Waals surface area contributed by atoms with Gasteiger partial charge >= 0.3 is 0 Å². The Morgan fingerprint density at radius 2 is 1.82 bits per heavy atom. The van der Waals surface area contributed by atoms with E-state index in [4.69, 9.17) is 21.1 Å². The van der Waals surface area contributed by atoms with Crippen molar-refractivity contribution in [3.63, 3.8) is 0 Å². The predicted molar refractivity (Wildman–Crippen MR) is 72.7 cm³/mol. The molecule has 0 aromatic heterocycles. The summed E-state index contributed by atoms with van der Waals surface area (Å²) in [6.07, 6.45) is 1.18. The fourth-order valence-corrected chi connectivity index (χ4v) is 2.21. The Morgan fingerprint density at radius 1 is 1.24 bits per heavy atom. The van der Waals surface area contributed by atoms with Crippen LogP contribution in [0.15, 0.2) is 0 Å². The van der Waals surface area contributed by atoms with Crippen LogP contribution in [0, 0.1) is 5.41 Å². The molecule has 6 heteroatoms. The highest BCUT2D eigenvalue weighted by molar-refractivity contribution is 7.86. The summed E-state index contributed by atoms with van der Waals surface area (Å²) in [7, 11) is -3.40. The monoisotopic (exact) mass is 282 g/mol. The molecule has 0 aliphatic heterocycles. The second-order valence-electron chi connectivity index (χ2n) is 5.13. The molecule has 0 aliphatic rings. The summed E-state index contributed by atoms with van der Waals surface area (Å²) in [5, 5.41) is 0.483. The SMILES string of the molecule is CC(=S)OCCCCS(=O)(=O)OCC(C)(C)C. The lowest BCUT2D eigenvalue weighted by molar-refractivity contribution is 0.203. The van der Waals surface area contributed by atoms with Crippen LogP contribution in [0.1, 0.15) is 40.5 Å². The number of rotatable bonds is 7. The van der Waals surface area contributed by atoms with E-state index in [0.29, 0.717) is 24.5 Å². The van der Waals surface area contributed by atoms with Crippen LogP contribution in [0.5, 0.6) is 0 Å². The van der Waals surface area contributed by atoms with Gasteiger partial charge < -0.3 is 4.74 Å². The molecule has 0 aliphatic carbocycles. The molecule has 0 saturated carbocycles. The van der Waals surface area contributed by atoms with E-state index in [1.54, 1.807) is 6.92 Å². The first-order chi connectivity index (χ1) is 7.62.